The molecule has 0 radical (unpaired) electrons. The summed E-state index contributed by atoms with van der Waals surface area (Å²) in [6.45, 7) is 4.28. The molecule has 4 nitrogen and oxygen atoms in total. The first-order valence-corrected chi connectivity index (χ1v) is 9.82. The molecule has 0 saturated carbocycles. The van der Waals surface area contributed by atoms with Gasteiger partial charge in [0.15, 0.2) is 0 Å². The molecule has 2 aromatic rings. The molecule has 138 valence electrons. The second-order valence-corrected chi connectivity index (χ2v) is 7.55. The molecule has 4 rings (SSSR count). The zero-order valence-corrected chi connectivity index (χ0v) is 15.6. The Hall–Kier alpha value is -2.64. The van der Waals surface area contributed by atoms with Crippen molar-refractivity contribution < 1.29 is 4.79 Å². The minimum absolute atomic E-state index is 0.0417. The van der Waals surface area contributed by atoms with E-state index in [0.717, 1.165) is 52.0 Å². The number of nitrogens with zero attached hydrogens (tertiary/aromatic N) is 3. The van der Waals surface area contributed by atoms with Gasteiger partial charge in [0.2, 0.25) is 5.91 Å². The van der Waals surface area contributed by atoms with Crippen molar-refractivity contribution in [3.63, 3.8) is 0 Å². The van der Waals surface area contributed by atoms with E-state index in [1.807, 2.05) is 24.3 Å². The summed E-state index contributed by atoms with van der Waals surface area (Å²) in [6.07, 6.45) is 3.17. The normalized spacial score (nSPS) is 20.0. The molecule has 0 bridgehead atoms. The Kier molecular flexibility index (Phi) is 5.22. The van der Waals surface area contributed by atoms with Crippen LogP contribution in [0.25, 0.3) is 0 Å². The Morgan fingerprint density at radius 1 is 1.04 bits per heavy atom. The second-order valence-electron chi connectivity index (χ2n) is 7.55. The van der Waals surface area contributed by atoms with E-state index in [2.05, 4.69) is 40.1 Å². The van der Waals surface area contributed by atoms with Crippen molar-refractivity contribution in [3.05, 3.63) is 70.8 Å². The molecule has 1 amide bonds. The number of carbonyl (C=O) groups is 1. The highest BCUT2D eigenvalue weighted by Gasteiger charge is 2.31. The molecule has 1 atom stereocenters. The Balaban J connectivity index is 1.35. The summed E-state index contributed by atoms with van der Waals surface area (Å²) in [5.41, 5.74) is 4.51. The van der Waals surface area contributed by atoms with Crippen LogP contribution in [0.5, 0.6) is 0 Å². The fraction of sp³-hybridized carbons (Fsp3) is 0.391. The molecule has 4 heteroatoms. The fourth-order valence-electron chi connectivity index (χ4n) is 4.30. The van der Waals surface area contributed by atoms with Gasteiger partial charge in [0.05, 0.1) is 17.6 Å². The maximum absolute atomic E-state index is 13.1. The van der Waals surface area contributed by atoms with Crippen LogP contribution >= 0.6 is 0 Å². The monoisotopic (exact) mass is 359 g/mol. The van der Waals surface area contributed by atoms with Gasteiger partial charge in [-0.1, -0.05) is 36.4 Å². The third kappa shape index (κ3) is 3.89. The van der Waals surface area contributed by atoms with Gasteiger partial charge in [-0.3, -0.25) is 9.69 Å². The van der Waals surface area contributed by atoms with Gasteiger partial charge in [0, 0.05) is 32.7 Å². The predicted octanol–water partition coefficient (Wildman–Crippen LogP) is 3.32. The number of fused-ring (bicyclic) bond motifs is 1. The largest absolute Gasteiger partial charge is 0.340 e. The molecule has 27 heavy (non-hydrogen) atoms. The van der Waals surface area contributed by atoms with Crippen molar-refractivity contribution >= 4 is 5.91 Å². The summed E-state index contributed by atoms with van der Waals surface area (Å²) >= 11 is 0. The lowest BCUT2D eigenvalue weighted by molar-refractivity contribution is -0.135. The van der Waals surface area contributed by atoms with Gasteiger partial charge in [-0.25, -0.2) is 0 Å². The average molecular weight is 359 g/mol. The average Bonchev–Trinajstić information content (AvgIpc) is 2.74. The number of amides is 1. The number of benzene rings is 2. The summed E-state index contributed by atoms with van der Waals surface area (Å²) in [5.74, 6) is 0.347. The third-order valence-electron chi connectivity index (χ3n) is 5.84. The summed E-state index contributed by atoms with van der Waals surface area (Å²) < 4.78 is 0. The number of piperazine rings is 1. The molecule has 0 N–H and O–H groups in total. The summed E-state index contributed by atoms with van der Waals surface area (Å²) in [5, 5.41) is 8.90. The van der Waals surface area contributed by atoms with Crippen molar-refractivity contribution in [1.29, 1.82) is 5.26 Å². The van der Waals surface area contributed by atoms with Crippen molar-refractivity contribution in [2.45, 2.75) is 31.7 Å². The van der Waals surface area contributed by atoms with E-state index >= 15 is 0 Å². The van der Waals surface area contributed by atoms with E-state index in [1.165, 1.54) is 16.7 Å². The number of nitriles is 1. The lowest BCUT2D eigenvalue weighted by Crippen LogP contribution is -2.49. The van der Waals surface area contributed by atoms with E-state index in [4.69, 9.17) is 5.26 Å². The Labute approximate surface area is 161 Å². The van der Waals surface area contributed by atoms with Gasteiger partial charge in [-0.05, 0) is 48.1 Å². The second kappa shape index (κ2) is 7.94. The van der Waals surface area contributed by atoms with Crippen LogP contribution in [-0.4, -0.2) is 41.9 Å². The van der Waals surface area contributed by atoms with Crippen LogP contribution in [-0.2, 0) is 17.8 Å². The van der Waals surface area contributed by atoms with Gasteiger partial charge in [-0.15, -0.1) is 0 Å². The highest BCUT2D eigenvalue weighted by Crippen LogP contribution is 2.33. The highest BCUT2D eigenvalue weighted by atomic mass is 16.2. The van der Waals surface area contributed by atoms with Gasteiger partial charge in [0.25, 0.3) is 0 Å². The molecule has 1 fully saturated rings. The summed E-state index contributed by atoms with van der Waals surface area (Å²) in [7, 11) is 0. The van der Waals surface area contributed by atoms with E-state index in [1.54, 1.807) is 0 Å². The van der Waals surface area contributed by atoms with Crippen LogP contribution in [0.2, 0.25) is 0 Å². The van der Waals surface area contributed by atoms with E-state index in [-0.39, 0.29) is 5.92 Å². The topological polar surface area (TPSA) is 47.3 Å². The number of hydrogen-bond donors (Lipinski definition) is 0. The lowest BCUT2D eigenvalue weighted by atomic mass is 9.82. The number of carbonyl (C=O) groups excluding carboxylic acids is 1. The standard InChI is InChI=1S/C23H25N3O/c24-16-18-8-10-19(11-9-18)17-25-12-14-26(15-13-25)23(27)22-7-3-5-20-4-1-2-6-21(20)22/h1-2,4,6,8-11,22H,3,5,7,12-15,17H2. The van der Waals surface area contributed by atoms with Crippen LogP contribution < -0.4 is 0 Å². The first-order valence-electron chi connectivity index (χ1n) is 9.82. The van der Waals surface area contributed by atoms with Crippen molar-refractivity contribution in [2.75, 3.05) is 26.2 Å². The number of rotatable bonds is 3. The van der Waals surface area contributed by atoms with Crippen LogP contribution in [0.3, 0.4) is 0 Å². The summed E-state index contributed by atoms with van der Waals surface area (Å²) in [6, 6.07) is 18.4. The SMILES string of the molecule is N#Cc1ccc(CN2CCN(C(=O)C3CCCc4ccccc43)CC2)cc1. The number of hydrogen-bond acceptors (Lipinski definition) is 3. The van der Waals surface area contributed by atoms with Gasteiger partial charge < -0.3 is 4.90 Å². The molecule has 0 spiro atoms. The van der Waals surface area contributed by atoms with Gasteiger partial charge in [0.1, 0.15) is 0 Å². The maximum Gasteiger partial charge on any atom is 0.230 e. The fourth-order valence-corrected chi connectivity index (χ4v) is 4.30. The first kappa shape index (κ1) is 17.8. The van der Waals surface area contributed by atoms with Crippen LogP contribution in [0.15, 0.2) is 48.5 Å². The van der Waals surface area contributed by atoms with Crippen molar-refractivity contribution in [3.8, 4) is 6.07 Å². The Morgan fingerprint density at radius 2 is 1.78 bits per heavy atom. The quantitative estimate of drug-likeness (QED) is 0.845. The van der Waals surface area contributed by atoms with Crippen LogP contribution in [0.1, 0.15) is 41.0 Å². The van der Waals surface area contributed by atoms with Crippen molar-refractivity contribution in [1.82, 2.24) is 9.80 Å². The molecular weight excluding hydrogens is 334 g/mol. The zero-order valence-electron chi connectivity index (χ0n) is 15.6. The highest BCUT2D eigenvalue weighted by molar-refractivity contribution is 5.84. The molecule has 1 heterocycles. The third-order valence-corrected chi connectivity index (χ3v) is 5.84. The van der Waals surface area contributed by atoms with E-state index in [9.17, 15) is 4.79 Å². The number of aryl methyl sites for hydroxylation is 1. The van der Waals surface area contributed by atoms with Crippen LogP contribution in [0.4, 0.5) is 0 Å². The molecule has 1 unspecified atom stereocenters. The Morgan fingerprint density at radius 3 is 2.52 bits per heavy atom. The molecule has 1 saturated heterocycles. The maximum atomic E-state index is 13.1. The van der Waals surface area contributed by atoms with Gasteiger partial charge >= 0.3 is 0 Å². The molecule has 1 aliphatic carbocycles. The molecule has 0 aromatic heterocycles. The minimum atomic E-state index is 0.0417. The molecule has 2 aliphatic rings. The van der Waals surface area contributed by atoms with Gasteiger partial charge in [-0.2, -0.15) is 5.26 Å². The molecular formula is C23H25N3O. The Bertz CT molecular complexity index is 845. The first-order chi connectivity index (χ1) is 13.2. The predicted molar refractivity (Wildman–Crippen MR) is 105 cm³/mol. The van der Waals surface area contributed by atoms with Crippen molar-refractivity contribution in [2.24, 2.45) is 0 Å². The molecule has 1 aliphatic heterocycles. The van der Waals surface area contributed by atoms with E-state index < -0.39 is 0 Å². The smallest absolute Gasteiger partial charge is 0.230 e. The molecule has 2 aromatic carbocycles. The van der Waals surface area contributed by atoms with E-state index in [0.29, 0.717) is 11.5 Å². The van der Waals surface area contributed by atoms with Crippen LogP contribution in [0, 0.1) is 11.3 Å². The lowest BCUT2D eigenvalue weighted by Gasteiger charge is -2.37. The summed E-state index contributed by atoms with van der Waals surface area (Å²) in [4.78, 5) is 17.6. The zero-order chi connectivity index (χ0) is 18.6. The minimum Gasteiger partial charge on any atom is -0.340 e.